The number of benzene rings is 1. The van der Waals surface area contributed by atoms with Crippen LogP contribution in [0.2, 0.25) is 0 Å². The van der Waals surface area contributed by atoms with E-state index in [-0.39, 0.29) is 11.1 Å². The number of halogens is 1. The Morgan fingerprint density at radius 3 is 2.77 bits per heavy atom. The van der Waals surface area contributed by atoms with Crippen molar-refractivity contribution < 1.29 is 18.7 Å². The predicted molar refractivity (Wildman–Crippen MR) is 79.4 cm³/mol. The lowest BCUT2D eigenvalue weighted by molar-refractivity contribution is -0.139. The van der Waals surface area contributed by atoms with Crippen molar-refractivity contribution in [3.63, 3.8) is 0 Å². The molecule has 6 heteroatoms. The Labute approximate surface area is 128 Å². The van der Waals surface area contributed by atoms with Crippen molar-refractivity contribution in [1.82, 2.24) is 10.6 Å². The molecule has 0 fully saturated rings. The fraction of sp³-hybridized carbons (Fsp3) is 0.375. The van der Waals surface area contributed by atoms with Gasteiger partial charge in [0, 0.05) is 11.3 Å². The second kappa shape index (κ2) is 7.06. The van der Waals surface area contributed by atoms with Gasteiger partial charge in [-0.15, -0.1) is 0 Å². The summed E-state index contributed by atoms with van der Waals surface area (Å²) in [6.45, 7) is 3.88. The molecule has 0 aliphatic carbocycles. The number of urea groups is 1. The molecule has 2 N–H and O–H groups in total. The van der Waals surface area contributed by atoms with E-state index >= 15 is 0 Å². The molecule has 1 aliphatic heterocycles. The summed E-state index contributed by atoms with van der Waals surface area (Å²) >= 11 is 0. The number of amides is 2. The number of carbonyl (C=O) groups is 2. The van der Waals surface area contributed by atoms with E-state index < -0.39 is 23.9 Å². The molecule has 0 unspecified atom stereocenters. The lowest BCUT2D eigenvalue weighted by atomic mass is 9.95. The van der Waals surface area contributed by atoms with Crippen molar-refractivity contribution in [2.45, 2.75) is 32.7 Å². The zero-order valence-corrected chi connectivity index (χ0v) is 12.6. The lowest BCUT2D eigenvalue weighted by Gasteiger charge is -2.28. The van der Waals surface area contributed by atoms with Crippen LogP contribution >= 0.6 is 0 Å². The quantitative estimate of drug-likeness (QED) is 0.649. The number of allylic oxidation sites excluding steroid dienone is 1. The normalized spacial score (nSPS) is 17.8. The number of carbonyl (C=O) groups excluding carboxylic acids is 2. The van der Waals surface area contributed by atoms with Crippen LogP contribution in [0.25, 0.3) is 0 Å². The van der Waals surface area contributed by atoms with Crippen molar-refractivity contribution in [1.29, 1.82) is 0 Å². The predicted octanol–water partition coefficient (Wildman–Crippen LogP) is 2.80. The Kier molecular flexibility index (Phi) is 5.14. The van der Waals surface area contributed by atoms with Crippen LogP contribution in [-0.4, -0.2) is 18.6 Å². The molecule has 0 aromatic heterocycles. The van der Waals surface area contributed by atoms with Gasteiger partial charge in [0.2, 0.25) is 0 Å². The molecule has 0 bridgehead atoms. The molecule has 1 heterocycles. The fourth-order valence-electron chi connectivity index (χ4n) is 2.29. The maximum atomic E-state index is 14.0. The average Bonchev–Trinajstić information content (AvgIpc) is 2.47. The highest BCUT2D eigenvalue weighted by Crippen LogP contribution is 2.29. The van der Waals surface area contributed by atoms with Crippen molar-refractivity contribution in [3.8, 4) is 0 Å². The molecular weight excluding hydrogens is 287 g/mol. The smallest absolute Gasteiger partial charge is 0.338 e. The summed E-state index contributed by atoms with van der Waals surface area (Å²) in [7, 11) is 0. The number of nitrogens with one attached hydrogen (secondary N) is 2. The van der Waals surface area contributed by atoms with E-state index in [2.05, 4.69) is 10.6 Å². The molecule has 1 aromatic carbocycles. The molecule has 1 atom stereocenters. The molecule has 1 aromatic rings. The van der Waals surface area contributed by atoms with Crippen LogP contribution in [0, 0.1) is 5.82 Å². The Morgan fingerprint density at radius 1 is 1.36 bits per heavy atom. The maximum absolute atomic E-state index is 14.0. The highest BCUT2D eigenvalue weighted by Gasteiger charge is 2.33. The number of ether oxygens (including phenoxy) is 1. The molecule has 0 spiro atoms. The molecule has 22 heavy (non-hydrogen) atoms. The van der Waals surface area contributed by atoms with Gasteiger partial charge in [0.15, 0.2) is 0 Å². The van der Waals surface area contributed by atoms with Crippen molar-refractivity contribution in [2.75, 3.05) is 6.61 Å². The molecule has 0 saturated carbocycles. The first-order chi connectivity index (χ1) is 10.5. The SMILES string of the molecule is CCCCOC(=O)C1=C(C)NC(=O)N[C@@H]1c1ccccc1F. The standard InChI is InChI=1S/C16H19FN2O3/c1-3-4-9-22-15(20)13-10(2)18-16(21)19-14(13)11-7-5-6-8-12(11)17/h5-8,14H,3-4,9H2,1-2H3,(H2,18,19,21)/t14-/m1/s1. The average molecular weight is 306 g/mol. The summed E-state index contributed by atoms with van der Waals surface area (Å²) in [6, 6.07) is 4.70. The Morgan fingerprint density at radius 2 is 2.09 bits per heavy atom. The third kappa shape index (κ3) is 3.44. The highest BCUT2D eigenvalue weighted by molar-refractivity contribution is 5.95. The third-order valence-corrected chi connectivity index (χ3v) is 3.44. The van der Waals surface area contributed by atoms with Crippen molar-refractivity contribution >= 4 is 12.0 Å². The van der Waals surface area contributed by atoms with Crippen LogP contribution < -0.4 is 10.6 Å². The number of hydrogen-bond donors (Lipinski definition) is 2. The summed E-state index contributed by atoms with van der Waals surface area (Å²) in [6.07, 6.45) is 1.65. The van der Waals surface area contributed by atoms with Gasteiger partial charge in [-0.1, -0.05) is 31.5 Å². The zero-order chi connectivity index (χ0) is 16.1. The second-order valence-electron chi connectivity index (χ2n) is 5.08. The molecule has 2 rings (SSSR count). The van der Waals surface area contributed by atoms with Crippen molar-refractivity contribution in [3.05, 3.63) is 46.9 Å². The third-order valence-electron chi connectivity index (χ3n) is 3.44. The highest BCUT2D eigenvalue weighted by atomic mass is 19.1. The van der Waals surface area contributed by atoms with Gasteiger partial charge < -0.3 is 15.4 Å². The molecule has 0 saturated heterocycles. The van der Waals surface area contributed by atoms with Crippen LogP contribution in [-0.2, 0) is 9.53 Å². The fourth-order valence-corrected chi connectivity index (χ4v) is 2.29. The second-order valence-corrected chi connectivity index (χ2v) is 5.08. The zero-order valence-electron chi connectivity index (χ0n) is 12.6. The van der Waals surface area contributed by atoms with E-state index in [1.54, 1.807) is 19.1 Å². The topological polar surface area (TPSA) is 67.4 Å². The van der Waals surface area contributed by atoms with E-state index in [9.17, 15) is 14.0 Å². The number of unbranched alkanes of at least 4 members (excludes halogenated alkanes) is 1. The number of esters is 1. The Balaban J connectivity index is 2.33. The van der Waals surface area contributed by atoms with E-state index in [1.165, 1.54) is 12.1 Å². The van der Waals surface area contributed by atoms with E-state index in [4.69, 9.17) is 4.74 Å². The maximum Gasteiger partial charge on any atom is 0.338 e. The Bertz CT molecular complexity index is 613. The van der Waals surface area contributed by atoms with Gasteiger partial charge in [-0.25, -0.2) is 14.0 Å². The molecule has 5 nitrogen and oxygen atoms in total. The van der Waals surface area contributed by atoms with Gasteiger partial charge in [-0.3, -0.25) is 0 Å². The summed E-state index contributed by atoms with van der Waals surface area (Å²) in [5.41, 5.74) is 0.832. The lowest BCUT2D eigenvalue weighted by Crippen LogP contribution is -2.45. The van der Waals surface area contributed by atoms with E-state index in [0.29, 0.717) is 12.3 Å². The monoisotopic (exact) mass is 306 g/mol. The summed E-state index contributed by atoms with van der Waals surface area (Å²) in [5.74, 6) is -1.03. The van der Waals surface area contributed by atoms with Gasteiger partial charge in [0.25, 0.3) is 0 Å². The molecule has 2 amide bonds. The summed E-state index contributed by atoms with van der Waals surface area (Å²) in [4.78, 5) is 24.0. The van der Waals surface area contributed by atoms with Crippen LogP contribution in [0.5, 0.6) is 0 Å². The largest absolute Gasteiger partial charge is 0.462 e. The first-order valence-corrected chi connectivity index (χ1v) is 7.24. The van der Waals surface area contributed by atoms with Crippen LogP contribution in [0.1, 0.15) is 38.3 Å². The van der Waals surface area contributed by atoms with E-state index in [1.807, 2.05) is 6.92 Å². The molecule has 1 aliphatic rings. The van der Waals surface area contributed by atoms with Gasteiger partial charge in [-0.05, 0) is 19.4 Å². The van der Waals surface area contributed by atoms with Crippen molar-refractivity contribution in [2.24, 2.45) is 0 Å². The first-order valence-electron chi connectivity index (χ1n) is 7.24. The minimum atomic E-state index is -0.857. The number of hydrogen-bond acceptors (Lipinski definition) is 3. The minimum absolute atomic E-state index is 0.223. The molecular formula is C16H19FN2O3. The van der Waals surface area contributed by atoms with Crippen LogP contribution in [0.3, 0.4) is 0 Å². The van der Waals surface area contributed by atoms with Gasteiger partial charge in [-0.2, -0.15) is 0 Å². The van der Waals surface area contributed by atoms with Crippen LogP contribution in [0.15, 0.2) is 35.5 Å². The first kappa shape index (κ1) is 16.0. The summed E-state index contributed by atoms with van der Waals surface area (Å²) < 4.78 is 19.2. The molecule has 0 radical (unpaired) electrons. The summed E-state index contributed by atoms with van der Waals surface area (Å²) in [5, 5.41) is 5.10. The van der Waals surface area contributed by atoms with Gasteiger partial charge >= 0.3 is 12.0 Å². The van der Waals surface area contributed by atoms with Crippen LogP contribution in [0.4, 0.5) is 9.18 Å². The molecule has 118 valence electrons. The Hall–Kier alpha value is -2.37. The van der Waals surface area contributed by atoms with Gasteiger partial charge in [0.1, 0.15) is 5.82 Å². The minimum Gasteiger partial charge on any atom is -0.462 e. The van der Waals surface area contributed by atoms with E-state index in [0.717, 1.165) is 12.8 Å². The number of rotatable bonds is 5. The van der Waals surface area contributed by atoms with Gasteiger partial charge in [0.05, 0.1) is 18.2 Å².